The van der Waals surface area contributed by atoms with Crippen molar-refractivity contribution in [2.45, 2.75) is 0 Å². The van der Waals surface area contributed by atoms with E-state index < -0.39 is 5.91 Å². The number of carbonyl (C=O) groups is 2. The Hall–Kier alpha value is -5.28. The lowest BCUT2D eigenvalue weighted by atomic mass is 10.1. The highest BCUT2D eigenvalue weighted by atomic mass is 16.7. The van der Waals surface area contributed by atoms with E-state index in [0.29, 0.717) is 33.8 Å². The third-order valence-electron chi connectivity index (χ3n) is 5.85. The van der Waals surface area contributed by atoms with Gasteiger partial charge in [-0.15, -0.1) is 0 Å². The van der Waals surface area contributed by atoms with Crippen LogP contribution in [0.4, 0.5) is 11.4 Å². The SMILES string of the molecule is COc1cccc(N(OC)C(=O)c2nc(-c3ccccc3)oc2-c2ccc(NC(=O)c3ccncc3)cc2)c1. The molecule has 0 saturated heterocycles. The number of amides is 2. The van der Waals surface area contributed by atoms with Crippen LogP contribution in [-0.2, 0) is 4.84 Å². The second-order valence-corrected chi connectivity index (χ2v) is 8.31. The molecule has 9 heteroatoms. The van der Waals surface area contributed by atoms with Gasteiger partial charge in [-0.1, -0.05) is 24.3 Å². The third-order valence-corrected chi connectivity index (χ3v) is 5.85. The number of nitrogens with one attached hydrogen (secondary N) is 1. The van der Waals surface area contributed by atoms with Gasteiger partial charge in [0.25, 0.3) is 5.91 Å². The summed E-state index contributed by atoms with van der Waals surface area (Å²) in [4.78, 5) is 40.2. The summed E-state index contributed by atoms with van der Waals surface area (Å²) in [5, 5.41) is 3.97. The molecule has 0 unspecified atom stereocenters. The summed E-state index contributed by atoms with van der Waals surface area (Å²) >= 11 is 0. The zero-order valence-corrected chi connectivity index (χ0v) is 21.2. The number of ether oxygens (including phenoxy) is 1. The number of nitrogens with zero attached hydrogens (tertiary/aromatic N) is 3. The number of oxazole rings is 1. The maximum Gasteiger partial charge on any atom is 0.304 e. The van der Waals surface area contributed by atoms with Crippen molar-refractivity contribution in [3.8, 4) is 28.5 Å². The Morgan fingerprint density at radius 2 is 1.59 bits per heavy atom. The molecule has 2 heterocycles. The lowest BCUT2D eigenvalue weighted by molar-refractivity contribution is 0.0768. The van der Waals surface area contributed by atoms with Crippen LogP contribution in [0.5, 0.6) is 5.75 Å². The minimum Gasteiger partial charge on any atom is -0.497 e. The van der Waals surface area contributed by atoms with Crippen LogP contribution in [-0.4, -0.2) is 36.0 Å². The number of hydrogen-bond donors (Lipinski definition) is 1. The first-order valence-electron chi connectivity index (χ1n) is 12.0. The molecule has 0 saturated carbocycles. The Labute approximate surface area is 224 Å². The maximum absolute atomic E-state index is 13.8. The fourth-order valence-electron chi connectivity index (χ4n) is 3.92. The van der Waals surface area contributed by atoms with Gasteiger partial charge in [-0.3, -0.25) is 19.4 Å². The first kappa shape index (κ1) is 25.4. The summed E-state index contributed by atoms with van der Waals surface area (Å²) in [5.41, 5.74) is 2.90. The van der Waals surface area contributed by atoms with Crippen LogP contribution in [0.25, 0.3) is 22.8 Å². The largest absolute Gasteiger partial charge is 0.497 e. The van der Waals surface area contributed by atoms with Gasteiger partial charge in [-0.25, -0.2) is 4.98 Å². The van der Waals surface area contributed by atoms with Crippen LogP contribution < -0.4 is 15.1 Å². The van der Waals surface area contributed by atoms with Gasteiger partial charge in [0.05, 0.1) is 19.9 Å². The molecule has 0 aliphatic rings. The van der Waals surface area contributed by atoms with E-state index in [1.165, 1.54) is 7.11 Å². The van der Waals surface area contributed by atoms with Crippen LogP contribution in [0.3, 0.4) is 0 Å². The van der Waals surface area contributed by atoms with Gasteiger partial charge in [-0.05, 0) is 60.7 Å². The third kappa shape index (κ3) is 5.53. The Balaban J connectivity index is 1.50. The molecule has 0 fully saturated rings. The maximum atomic E-state index is 13.8. The predicted molar refractivity (Wildman–Crippen MR) is 146 cm³/mol. The molecule has 194 valence electrons. The van der Waals surface area contributed by atoms with E-state index in [9.17, 15) is 9.59 Å². The molecule has 1 N–H and O–H groups in total. The molecular formula is C30H24N4O5. The Kier molecular flexibility index (Phi) is 7.42. The Morgan fingerprint density at radius 1 is 0.846 bits per heavy atom. The van der Waals surface area contributed by atoms with Gasteiger partial charge in [0.1, 0.15) is 5.75 Å². The molecule has 5 rings (SSSR count). The standard InChI is InChI=1S/C30H24N4O5/c1-37-25-10-6-9-24(19-25)34(38-2)30(36)26-27(39-29(33-26)22-7-4-3-5-8-22)20-11-13-23(14-12-20)32-28(35)21-15-17-31-18-16-21/h3-19H,1-2H3,(H,32,35). The summed E-state index contributed by atoms with van der Waals surface area (Å²) in [7, 11) is 2.94. The molecule has 3 aromatic carbocycles. The number of hydroxylamine groups is 1. The molecule has 5 aromatic rings. The fourth-order valence-corrected chi connectivity index (χ4v) is 3.92. The lowest BCUT2D eigenvalue weighted by Gasteiger charge is -2.19. The summed E-state index contributed by atoms with van der Waals surface area (Å²) in [6, 6.07) is 26.4. The molecule has 0 atom stereocenters. The van der Waals surface area contributed by atoms with E-state index >= 15 is 0 Å². The van der Waals surface area contributed by atoms with Crippen LogP contribution in [0, 0.1) is 0 Å². The lowest BCUT2D eigenvalue weighted by Crippen LogP contribution is -2.30. The van der Waals surface area contributed by atoms with Crippen molar-refractivity contribution in [1.82, 2.24) is 9.97 Å². The zero-order valence-electron chi connectivity index (χ0n) is 21.2. The van der Waals surface area contributed by atoms with Crippen molar-refractivity contribution in [3.05, 3.63) is 115 Å². The average molecular weight is 521 g/mol. The summed E-state index contributed by atoms with van der Waals surface area (Å²) in [6.07, 6.45) is 3.11. The molecule has 9 nitrogen and oxygen atoms in total. The van der Waals surface area contributed by atoms with Crippen molar-refractivity contribution in [3.63, 3.8) is 0 Å². The van der Waals surface area contributed by atoms with Crippen molar-refractivity contribution in [2.24, 2.45) is 0 Å². The van der Waals surface area contributed by atoms with Gasteiger partial charge in [-0.2, -0.15) is 5.06 Å². The topological polar surface area (TPSA) is 107 Å². The number of methoxy groups -OCH3 is 1. The number of hydrogen-bond acceptors (Lipinski definition) is 7. The molecule has 2 aromatic heterocycles. The number of anilines is 2. The van der Waals surface area contributed by atoms with Crippen molar-refractivity contribution < 1.29 is 23.6 Å². The summed E-state index contributed by atoms with van der Waals surface area (Å²) in [6.45, 7) is 0. The number of aromatic nitrogens is 2. The van der Waals surface area contributed by atoms with Crippen molar-refractivity contribution in [1.29, 1.82) is 0 Å². The predicted octanol–water partition coefficient (Wildman–Crippen LogP) is 5.87. The number of benzene rings is 3. The minimum absolute atomic E-state index is 0.0621. The second-order valence-electron chi connectivity index (χ2n) is 8.31. The quantitative estimate of drug-likeness (QED) is 0.255. The van der Waals surface area contributed by atoms with Crippen LogP contribution >= 0.6 is 0 Å². The molecule has 0 radical (unpaired) electrons. The zero-order chi connectivity index (χ0) is 27.2. The Morgan fingerprint density at radius 3 is 2.28 bits per heavy atom. The van der Waals surface area contributed by atoms with Crippen LogP contribution in [0.15, 0.2) is 108 Å². The molecule has 0 spiro atoms. The highest BCUT2D eigenvalue weighted by molar-refractivity contribution is 6.07. The van der Waals surface area contributed by atoms with Gasteiger partial charge in [0.15, 0.2) is 11.5 Å². The van der Waals surface area contributed by atoms with Gasteiger partial charge in [0.2, 0.25) is 5.89 Å². The van der Waals surface area contributed by atoms with Crippen LogP contribution in [0.1, 0.15) is 20.8 Å². The normalized spacial score (nSPS) is 10.6. The second kappa shape index (κ2) is 11.4. The highest BCUT2D eigenvalue weighted by Gasteiger charge is 2.28. The van der Waals surface area contributed by atoms with E-state index in [1.54, 1.807) is 80.2 Å². The number of pyridine rings is 1. The monoisotopic (exact) mass is 520 g/mol. The van der Waals surface area contributed by atoms with E-state index in [2.05, 4.69) is 15.3 Å². The molecule has 2 amide bonds. The number of carbonyl (C=O) groups excluding carboxylic acids is 2. The molecule has 0 bridgehead atoms. The van der Waals surface area contributed by atoms with E-state index in [0.717, 1.165) is 5.06 Å². The fraction of sp³-hybridized carbons (Fsp3) is 0.0667. The van der Waals surface area contributed by atoms with E-state index in [4.69, 9.17) is 14.0 Å². The molecule has 39 heavy (non-hydrogen) atoms. The Bertz CT molecular complexity index is 1590. The van der Waals surface area contributed by atoms with Crippen molar-refractivity contribution in [2.75, 3.05) is 24.6 Å². The number of rotatable bonds is 8. The molecule has 0 aliphatic carbocycles. The minimum atomic E-state index is -0.526. The van der Waals surface area contributed by atoms with Crippen molar-refractivity contribution >= 4 is 23.2 Å². The first-order valence-corrected chi connectivity index (χ1v) is 12.0. The molecular weight excluding hydrogens is 496 g/mol. The van der Waals surface area contributed by atoms with Gasteiger partial charge >= 0.3 is 5.91 Å². The van der Waals surface area contributed by atoms with Gasteiger partial charge < -0.3 is 14.5 Å². The summed E-state index contributed by atoms with van der Waals surface area (Å²) < 4.78 is 11.4. The van der Waals surface area contributed by atoms with Gasteiger partial charge in [0, 0.05) is 40.8 Å². The average Bonchev–Trinajstić information content (AvgIpc) is 3.44. The highest BCUT2D eigenvalue weighted by Crippen LogP contribution is 2.33. The van der Waals surface area contributed by atoms with E-state index in [-0.39, 0.29) is 23.3 Å². The van der Waals surface area contributed by atoms with Crippen LogP contribution in [0.2, 0.25) is 0 Å². The molecule has 0 aliphatic heterocycles. The van der Waals surface area contributed by atoms with E-state index in [1.807, 2.05) is 30.3 Å². The first-order chi connectivity index (χ1) is 19.1. The summed E-state index contributed by atoms with van der Waals surface area (Å²) in [5.74, 6) is 0.321. The smallest absolute Gasteiger partial charge is 0.304 e.